The number of rotatable bonds is 5. The predicted octanol–water partition coefficient (Wildman–Crippen LogP) is 2.55. The van der Waals surface area contributed by atoms with Gasteiger partial charge in [0.05, 0.1) is 12.7 Å². The van der Waals surface area contributed by atoms with Crippen LogP contribution in [0.15, 0.2) is 42.6 Å². The molecule has 0 aliphatic heterocycles. The third kappa shape index (κ3) is 4.16. The lowest BCUT2D eigenvalue weighted by Crippen LogP contribution is -2.13. The molecule has 0 unspecified atom stereocenters. The van der Waals surface area contributed by atoms with Gasteiger partial charge in [-0.2, -0.15) is 0 Å². The molecule has 2 rings (SSSR count). The number of methoxy groups -OCH3 is 1. The average Bonchev–Trinajstić information content (AvgIpc) is 2.54. The molecule has 1 aromatic carbocycles. The molecule has 0 aliphatic rings. The van der Waals surface area contributed by atoms with Crippen LogP contribution in [0.1, 0.15) is 10.4 Å². The summed E-state index contributed by atoms with van der Waals surface area (Å²) in [6.07, 6.45) is 1.66. The molecular weight excluding hydrogens is 304 g/mol. The van der Waals surface area contributed by atoms with E-state index in [2.05, 4.69) is 15.0 Å². The van der Waals surface area contributed by atoms with Gasteiger partial charge in [-0.1, -0.05) is 12.2 Å². The number of hydrogen-bond acceptors (Lipinski definition) is 5. The van der Waals surface area contributed by atoms with Crippen LogP contribution in [0, 0.1) is 4.64 Å². The van der Waals surface area contributed by atoms with Gasteiger partial charge in [-0.25, -0.2) is 4.79 Å². The van der Waals surface area contributed by atoms with Gasteiger partial charge in [0.1, 0.15) is 10.4 Å². The third-order valence-corrected chi connectivity index (χ3v) is 3.10. The van der Waals surface area contributed by atoms with Gasteiger partial charge in [-0.15, -0.1) is 0 Å². The summed E-state index contributed by atoms with van der Waals surface area (Å²) in [7, 11) is 1.29. The number of carbonyl (C=O) groups excluding carboxylic acids is 2. The molecule has 0 spiro atoms. The van der Waals surface area contributed by atoms with E-state index in [9.17, 15) is 9.59 Å². The van der Waals surface area contributed by atoms with Gasteiger partial charge in [-0.05, 0) is 36.4 Å². The summed E-state index contributed by atoms with van der Waals surface area (Å²) < 4.78 is 10.1. The number of benzene rings is 1. The molecule has 0 aliphatic carbocycles. The fourth-order valence-corrected chi connectivity index (χ4v) is 1.86. The fraction of sp³-hybridized carbons (Fsp3) is 0.133. The van der Waals surface area contributed by atoms with Crippen molar-refractivity contribution in [2.75, 3.05) is 19.0 Å². The monoisotopic (exact) mass is 318 g/mol. The Labute approximate surface area is 132 Å². The Kier molecular flexibility index (Phi) is 5.26. The molecule has 0 atom stereocenters. The number of ether oxygens (including phenoxy) is 2. The highest BCUT2D eigenvalue weighted by molar-refractivity contribution is 7.71. The largest absolute Gasteiger partial charge is 0.482 e. The number of anilines is 1. The molecule has 0 bridgehead atoms. The van der Waals surface area contributed by atoms with E-state index >= 15 is 0 Å². The lowest BCUT2D eigenvalue weighted by Gasteiger charge is -2.07. The number of hydrogen-bond donors (Lipinski definition) is 2. The Morgan fingerprint density at radius 1 is 1.23 bits per heavy atom. The van der Waals surface area contributed by atoms with E-state index in [0.717, 1.165) is 0 Å². The minimum atomic E-state index is -0.462. The highest BCUT2D eigenvalue weighted by Gasteiger charge is 2.08. The molecule has 1 heterocycles. The van der Waals surface area contributed by atoms with E-state index in [1.165, 1.54) is 7.11 Å². The summed E-state index contributed by atoms with van der Waals surface area (Å²) in [4.78, 5) is 25.9. The van der Waals surface area contributed by atoms with Crippen LogP contribution in [0.4, 0.5) is 5.69 Å². The quantitative estimate of drug-likeness (QED) is 0.654. The molecule has 7 heteroatoms. The summed E-state index contributed by atoms with van der Waals surface area (Å²) in [5, 5.41) is 2.73. The van der Waals surface area contributed by atoms with Crippen LogP contribution in [0.25, 0.3) is 0 Å². The SMILES string of the molecule is COC(=O)COc1ccc(NC(=O)c2ccc[nH]c2=S)cc1. The first-order valence-electron chi connectivity index (χ1n) is 6.39. The van der Waals surface area contributed by atoms with Gasteiger partial charge in [0.2, 0.25) is 0 Å². The van der Waals surface area contributed by atoms with Crippen LogP contribution in [-0.2, 0) is 9.53 Å². The Bertz CT molecular complexity index is 725. The molecule has 1 amide bonds. The summed E-state index contributed by atoms with van der Waals surface area (Å²) in [6, 6.07) is 9.96. The first-order chi connectivity index (χ1) is 10.6. The van der Waals surface area contributed by atoms with Gasteiger partial charge in [-0.3, -0.25) is 4.79 Å². The van der Waals surface area contributed by atoms with Crippen LogP contribution in [0.3, 0.4) is 0 Å². The number of H-pyrrole nitrogens is 1. The summed E-state index contributed by atoms with van der Waals surface area (Å²) in [5.41, 5.74) is 0.984. The Morgan fingerprint density at radius 3 is 2.59 bits per heavy atom. The van der Waals surface area contributed by atoms with E-state index in [-0.39, 0.29) is 12.5 Å². The van der Waals surface area contributed by atoms with Gasteiger partial charge in [0, 0.05) is 11.9 Å². The molecule has 22 heavy (non-hydrogen) atoms. The number of carbonyl (C=O) groups is 2. The number of pyridine rings is 1. The molecule has 0 saturated heterocycles. The first kappa shape index (κ1) is 15.7. The highest BCUT2D eigenvalue weighted by atomic mass is 32.1. The number of aromatic nitrogens is 1. The number of nitrogens with one attached hydrogen (secondary N) is 2. The molecule has 0 saturated carbocycles. The van der Waals surface area contributed by atoms with Gasteiger partial charge < -0.3 is 19.8 Å². The highest BCUT2D eigenvalue weighted by Crippen LogP contribution is 2.16. The predicted molar refractivity (Wildman–Crippen MR) is 83.5 cm³/mol. The summed E-state index contributed by atoms with van der Waals surface area (Å²) in [5.74, 6) is -0.263. The van der Waals surface area contributed by atoms with Crippen molar-refractivity contribution >= 4 is 29.8 Å². The zero-order chi connectivity index (χ0) is 15.9. The van der Waals surface area contributed by atoms with Crippen molar-refractivity contribution in [1.82, 2.24) is 4.98 Å². The lowest BCUT2D eigenvalue weighted by atomic mass is 10.2. The first-order valence-corrected chi connectivity index (χ1v) is 6.79. The maximum Gasteiger partial charge on any atom is 0.343 e. The van der Waals surface area contributed by atoms with Crippen LogP contribution in [-0.4, -0.2) is 30.6 Å². The van der Waals surface area contributed by atoms with E-state index in [0.29, 0.717) is 21.6 Å². The normalized spacial score (nSPS) is 9.86. The standard InChI is InChI=1S/C15H14N2O4S/c1-20-13(18)9-21-11-6-4-10(5-7-11)17-14(19)12-3-2-8-16-15(12)22/h2-8H,9H2,1H3,(H,16,22)(H,17,19). The van der Waals surface area contributed by atoms with Crippen LogP contribution in [0.5, 0.6) is 5.75 Å². The van der Waals surface area contributed by atoms with Crippen LogP contribution in [0.2, 0.25) is 0 Å². The van der Waals surface area contributed by atoms with Crippen molar-refractivity contribution in [2.45, 2.75) is 0 Å². The van der Waals surface area contributed by atoms with Crippen molar-refractivity contribution in [3.05, 3.63) is 52.8 Å². The lowest BCUT2D eigenvalue weighted by molar-refractivity contribution is -0.142. The summed E-state index contributed by atoms with van der Waals surface area (Å²) in [6.45, 7) is -0.165. The zero-order valence-corrected chi connectivity index (χ0v) is 12.6. The maximum atomic E-state index is 12.1. The molecule has 6 nitrogen and oxygen atoms in total. The topological polar surface area (TPSA) is 80.4 Å². The Balaban J connectivity index is 1.99. The van der Waals surface area contributed by atoms with Crippen molar-refractivity contribution in [1.29, 1.82) is 0 Å². The molecule has 1 aromatic heterocycles. The summed E-state index contributed by atoms with van der Waals surface area (Å²) >= 11 is 5.06. The second-order valence-corrected chi connectivity index (χ2v) is 4.66. The molecule has 114 valence electrons. The Morgan fingerprint density at radius 2 is 1.95 bits per heavy atom. The molecule has 2 N–H and O–H groups in total. The molecule has 0 fully saturated rings. The van der Waals surface area contributed by atoms with Crippen molar-refractivity contribution < 1.29 is 19.1 Å². The zero-order valence-electron chi connectivity index (χ0n) is 11.8. The van der Waals surface area contributed by atoms with E-state index in [1.54, 1.807) is 42.6 Å². The minimum absolute atomic E-state index is 0.165. The van der Waals surface area contributed by atoms with Crippen LogP contribution < -0.4 is 10.1 Å². The van der Waals surface area contributed by atoms with Crippen molar-refractivity contribution in [3.63, 3.8) is 0 Å². The fourth-order valence-electron chi connectivity index (χ4n) is 1.63. The minimum Gasteiger partial charge on any atom is -0.482 e. The van der Waals surface area contributed by atoms with E-state index in [4.69, 9.17) is 17.0 Å². The molecule has 2 aromatic rings. The molecular formula is C15H14N2O4S. The smallest absolute Gasteiger partial charge is 0.343 e. The van der Waals surface area contributed by atoms with Crippen molar-refractivity contribution in [3.8, 4) is 5.75 Å². The van der Waals surface area contributed by atoms with Crippen molar-refractivity contribution in [2.24, 2.45) is 0 Å². The number of amides is 1. The average molecular weight is 318 g/mol. The second-order valence-electron chi connectivity index (χ2n) is 4.26. The van der Waals surface area contributed by atoms with Crippen LogP contribution >= 0.6 is 12.2 Å². The second kappa shape index (κ2) is 7.37. The van der Waals surface area contributed by atoms with Gasteiger partial charge in [0.15, 0.2) is 6.61 Å². The maximum absolute atomic E-state index is 12.1. The number of aromatic amines is 1. The number of esters is 1. The van der Waals surface area contributed by atoms with E-state index in [1.807, 2.05) is 0 Å². The van der Waals surface area contributed by atoms with Gasteiger partial charge in [0.25, 0.3) is 5.91 Å². The van der Waals surface area contributed by atoms with Gasteiger partial charge >= 0.3 is 5.97 Å². The Hall–Kier alpha value is -2.67. The third-order valence-electron chi connectivity index (χ3n) is 2.76. The molecule has 0 radical (unpaired) electrons. The van der Waals surface area contributed by atoms with E-state index < -0.39 is 5.97 Å².